The van der Waals surface area contributed by atoms with Crippen LogP contribution in [0.5, 0.6) is 0 Å². The van der Waals surface area contributed by atoms with E-state index in [9.17, 15) is 4.79 Å². The zero-order chi connectivity index (χ0) is 11.4. The Morgan fingerprint density at radius 3 is 2.94 bits per heavy atom. The van der Waals surface area contributed by atoms with E-state index in [2.05, 4.69) is 22.6 Å². The number of morpholine rings is 1. The highest BCUT2D eigenvalue weighted by atomic mass is 16.5. The average Bonchev–Trinajstić information content (AvgIpc) is 2.21. The second-order valence-electron chi connectivity index (χ2n) is 4.74. The van der Waals surface area contributed by atoms with Crippen molar-refractivity contribution in [2.75, 3.05) is 33.3 Å². The zero-order valence-corrected chi connectivity index (χ0v) is 9.87. The van der Waals surface area contributed by atoms with Crippen molar-refractivity contribution in [2.24, 2.45) is 0 Å². The molecule has 1 heterocycles. The topological polar surface area (TPSA) is 53.6 Å². The molecule has 5 nitrogen and oxygen atoms in total. The van der Waals surface area contributed by atoms with Gasteiger partial charge in [0, 0.05) is 25.7 Å². The van der Waals surface area contributed by atoms with Crippen molar-refractivity contribution in [3.05, 3.63) is 0 Å². The maximum absolute atomic E-state index is 11.5. The molecular weight excluding hydrogens is 206 g/mol. The zero-order valence-electron chi connectivity index (χ0n) is 9.87. The Morgan fingerprint density at radius 2 is 2.31 bits per heavy atom. The number of urea groups is 1. The molecule has 2 aliphatic rings. The van der Waals surface area contributed by atoms with Crippen molar-refractivity contribution >= 4 is 6.03 Å². The Morgan fingerprint density at radius 1 is 1.50 bits per heavy atom. The summed E-state index contributed by atoms with van der Waals surface area (Å²) >= 11 is 0. The molecule has 0 spiro atoms. The fourth-order valence-corrected chi connectivity index (χ4v) is 1.99. The number of hydrogen-bond acceptors (Lipinski definition) is 3. The van der Waals surface area contributed by atoms with E-state index in [1.54, 1.807) is 0 Å². The molecule has 1 aliphatic carbocycles. The Labute approximate surface area is 96.5 Å². The van der Waals surface area contributed by atoms with Crippen LogP contribution >= 0.6 is 0 Å². The van der Waals surface area contributed by atoms with Crippen LogP contribution in [-0.2, 0) is 4.74 Å². The second-order valence-corrected chi connectivity index (χ2v) is 4.74. The maximum Gasteiger partial charge on any atom is 0.315 e. The van der Waals surface area contributed by atoms with E-state index in [0.29, 0.717) is 12.6 Å². The van der Waals surface area contributed by atoms with Crippen LogP contribution in [0, 0.1) is 0 Å². The Kier molecular flexibility index (Phi) is 4.01. The van der Waals surface area contributed by atoms with Gasteiger partial charge < -0.3 is 20.3 Å². The van der Waals surface area contributed by atoms with Crippen LogP contribution in [0.4, 0.5) is 4.79 Å². The van der Waals surface area contributed by atoms with Crippen molar-refractivity contribution < 1.29 is 9.53 Å². The van der Waals surface area contributed by atoms with Gasteiger partial charge in [-0.1, -0.05) is 0 Å². The molecule has 0 aromatic carbocycles. The van der Waals surface area contributed by atoms with Crippen LogP contribution in [0.15, 0.2) is 0 Å². The van der Waals surface area contributed by atoms with Gasteiger partial charge in [0.25, 0.3) is 0 Å². The Hall–Kier alpha value is -0.810. The normalized spacial score (nSPS) is 27.2. The second kappa shape index (κ2) is 5.50. The van der Waals surface area contributed by atoms with E-state index in [4.69, 9.17) is 4.74 Å². The summed E-state index contributed by atoms with van der Waals surface area (Å²) in [5.41, 5.74) is 0. The highest BCUT2D eigenvalue weighted by Gasteiger charge is 2.21. The quantitative estimate of drug-likeness (QED) is 0.722. The molecule has 1 aliphatic heterocycles. The SMILES string of the molecule is CN1CCOC(CNC(=O)NC2CCC2)C1. The average molecular weight is 227 g/mol. The van der Waals surface area contributed by atoms with E-state index in [0.717, 1.165) is 32.5 Å². The molecule has 2 amide bonds. The molecule has 0 aromatic rings. The van der Waals surface area contributed by atoms with Gasteiger partial charge in [-0.15, -0.1) is 0 Å². The van der Waals surface area contributed by atoms with Crippen molar-refractivity contribution in [3.63, 3.8) is 0 Å². The van der Waals surface area contributed by atoms with Gasteiger partial charge in [0.2, 0.25) is 0 Å². The van der Waals surface area contributed by atoms with Crippen LogP contribution in [0.1, 0.15) is 19.3 Å². The van der Waals surface area contributed by atoms with Crippen LogP contribution in [0.25, 0.3) is 0 Å². The van der Waals surface area contributed by atoms with Crippen LogP contribution in [-0.4, -0.2) is 56.4 Å². The minimum atomic E-state index is -0.0541. The molecule has 1 atom stereocenters. The van der Waals surface area contributed by atoms with Gasteiger partial charge in [0.05, 0.1) is 12.7 Å². The van der Waals surface area contributed by atoms with E-state index >= 15 is 0 Å². The van der Waals surface area contributed by atoms with E-state index in [-0.39, 0.29) is 12.1 Å². The van der Waals surface area contributed by atoms with Crippen molar-refractivity contribution in [2.45, 2.75) is 31.4 Å². The number of amides is 2. The lowest BCUT2D eigenvalue weighted by molar-refractivity contribution is -0.0168. The van der Waals surface area contributed by atoms with Gasteiger partial charge in [-0.25, -0.2) is 4.79 Å². The summed E-state index contributed by atoms with van der Waals surface area (Å²) in [6, 6.07) is 0.344. The summed E-state index contributed by atoms with van der Waals surface area (Å²) in [6.07, 6.45) is 3.61. The highest BCUT2D eigenvalue weighted by molar-refractivity contribution is 5.74. The maximum atomic E-state index is 11.5. The lowest BCUT2D eigenvalue weighted by Crippen LogP contribution is -2.50. The summed E-state index contributed by atoms with van der Waals surface area (Å²) in [7, 11) is 2.07. The molecule has 0 radical (unpaired) electrons. The summed E-state index contributed by atoms with van der Waals surface area (Å²) in [5.74, 6) is 0. The van der Waals surface area contributed by atoms with Gasteiger partial charge in [-0.3, -0.25) is 0 Å². The van der Waals surface area contributed by atoms with Crippen molar-refractivity contribution in [1.82, 2.24) is 15.5 Å². The Bertz CT molecular complexity index is 243. The van der Waals surface area contributed by atoms with Crippen molar-refractivity contribution in [1.29, 1.82) is 0 Å². The third-order valence-electron chi connectivity index (χ3n) is 3.27. The first-order valence-electron chi connectivity index (χ1n) is 6.08. The molecular formula is C11H21N3O2. The summed E-state index contributed by atoms with van der Waals surface area (Å²) in [6.45, 7) is 3.23. The van der Waals surface area contributed by atoms with E-state index in [1.807, 2.05) is 0 Å². The number of ether oxygens (including phenoxy) is 1. The molecule has 92 valence electrons. The summed E-state index contributed by atoms with van der Waals surface area (Å²) in [4.78, 5) is 13.7. The molecule has 2 fully saturated rings. The minimum Gasteiger partial charge on any atom is -0.374 e. The summed E-state index contributed by atoms with van der Waals surface area (Å²) in [5, 5.41) is 5.82. The van der Waals surface area contributed by atoms with Gasteiger partial charge in [-0.05, 0) is 26.3 Å². The lowest BCUT2D eigenvalue weighted by atomic mass is 9.93. The number of nitrogens with one attached hydrogen (secondary N) is 2. The standard InChI is InChI=1S/C11H21N3O2/c1-14-5-6-16-10(8-14)7-12-11(15)13-9-3-2-4-9/h9-10H,2-8H2,1H3,(H2,12,13,15). The third-order valence-corrected chi connectivity index (χ3v) is 3.27. The van der Waals surface area contributed by atoms with Crippen LogP contribution in [0.3, 0.4) is 0 Å². The number of hydrogen-bond donors (Lipinski definition) is 2. The first kappa shape index (κ1) is 11.7. The predicted molar refractivity (Wildman–Crippen MR) is 61.4 cm³/mol. The first-order valence-corrected chi connectivity index (χ1v) is 6.08. The minimum absolute atomic E-state index is 0.0541. The highest BCUT2D eigenvalue weighted by Crippen LogP contribution is 2.17. The Balaban J connectivity index is 1.60. The number of rotatable bonds is 3. The number of carbonyl (C=O) groups is 1. The molecule has 2 rings (SSSR count). The van der Waals surface area contributed by atoms with Gasteiger partial charge in [-0.2, -0.15) is 0 Å². The fraction of sp³-hybridized carbons (Fsp3) is 0.909. The molecule has 0 aromatic heterocycles. The molecule has 1 saturated heterocycles. The summed E-state index contributed by atoms with van der Waals surface area (Å²) < 4.78 is 5.56. The van der Waals surface area contributed by atoms with Crippen LogP contribution in [0.2, 0.25) is 0 Å². The van der Waals surface area contributed by atoms with E-state index < -0.39 is 0 Å². The first-order chi connectivity index (χ1) is 7.74. The molecule has 0 bridgehead atoms. The van der Waals surface area contributed by atoms with E-state index in [1.165, 1.54) is 6.42 Å². The molecule has 16 heavy (non-hydrogen) atoms. The predicted octanol–water partition coefficient (Wildman–Crippen LogP) is 0.169. The monoisotopic (exact) mass is 227 g/mol. The third kappa shape index (κ3) is 3.35. The largest absolute Gasteiger partial charge is 0.374 e. The van der Waals surface area contributed by atoms with Crippen LogP contribution < -0.4 is 10.6 Å². The van der Waals surface area contributed by atoms with Crippen molar-refractivity contribution in [3.8, 4) is 0 Å². The fourth-order valence-electron chi connectivity index (χ4n) is 1.99. The number of nitrogens with zero attached hydrogens (tertiary/aromatic N) is 1. The van der Waals surface area contributed by atoms with Gasteiger partial charge in [0.1, 0.15) is 0 Å². The lowest BCUT2D eigenvalue weighted by Gasteiger charge is -2.31. The van der Waals surface area contributed by atoms with Gasteiger partial charge >= 0.3 is 6.03 Å². The molecule has 2 N–H and O–H groups in total. The number of carbonyl (C=O) groups excluding carboxylic acids is 1. The molecule has 1 saturated carbocycles. The number of likely N-dealkylation sites (N-methyl/N-ethyl adjacent to an activating group) is 1. The van der Waals surface area contributed by atoms with Gasteiger partial charge in [0.15, 0.2) is 0 Å². The molecule has 5 heteroatoms. The molecule has 1 unspecified atom stereocenters. The smallest absolute Gasteiger partial charge is 0.315 e.